The Morgan fingerprint density at radius 1 is 1.75 bits per heavy atom. The number of hydrogen-bond donors (Lipinski definition) is 0. The molecule has 0 saturated carbocycles. The van der Waals surface area contributed by atoms with Crippen molar-refractivity contribution in [2.45, 2.75) is 12.8 Å². The van der Waals surface area contributed by atoms with Crippen molar-refractivity contribution in [3.05, 3.63) is 36.5 Å². The Morgan fingerprint density at radius 3 is 2.88 bits per heavy atom. The lowest BCUT2D eigenvalue weighted by Crippen LogP contribution is -1.84. The van der Waals surface area contributed by atoms with E-state index < -0.39 is 0 Å². The molecule has 0 saturated heterocycles. The SMILES string of the molecule is C=CCC=C1C=CC1. The van der Waals surface area contributed by atoms with E-state index in [0.29, 0.717) is 0 Å². The van der Waals surface area contributed by atoms with E-state index in [9.17, 15) is 0 Å². The summed E-state index contributed by atoms with van der Waals surface area (Å²) in [7, 11) is 0. The first-order valence-electron chi connectivity index (χ1n) is 2.90. The van der Waals surface area contributed by atoms with Gasteiger partial charge in [-0.05, 0) is 18.4 Å². The Balaban J connectivity index is 2.33. The molecule has 42 valence electrons. The van der Waals surface area contributed by atoms with Gasteiger partial charge in [-0.1, -0.05) is 24.3 Å². The summed E-state index contributed by atoms with van der Waals surface area (Å²) in [5, 5.41) is 0. The Morgan fingerprint density at radius 2 is 2.50 bits per heavy atom. The molecule has 0 heteroatoms. The molecule has 0 atom stereocenters. The van der Waals surface area contributed by atoms with Crippen molar-refractivity contribution in [3.8, 4) is 0 Å². The minimum atomic E-state index is 1.01. The third-order valence-electron chi connectivity index (χ3n) is 1.23. The van der Waals surface area contributed by atoms with Crippen molar-refractivity contribution in [2.24, 2.45) is 0 Å². The Labute approximate surface area is 50.2 Å². The third kappa shape index (κ3) is 1.09. The molecule has 0 spiro atoms. The zero-order valence-electron chi connectivity index (χ0n) is 4.93. The van der Waals surface area contributed by atoms with Crippen molar-refractivity contribution < 1.29 is 0 Å². The standard InChI is InChI=1S/C8H10/c1-2-3-5-8-6-4-7-8/h2,4-6H,1,3,7H2. The van der Waals surface area contributed by atoms with Gasteiger partial charge >= 0.3 is 0 Å². The molecule has 0 heterocycles. The first-order valence-corrected chi connectivity index (χ1v) is 2.90. The van der Waals surface area contributed by atoms with Crippen LogP contribution < -0.4 is 0 Å². The van der Waals surface area contributed by atoms with Crippen molar-refractivity contribution in [3.63, 3.8) is 0 Å². The van der Waals surface area contributed by atoms with E-state index in [1.807, 2.05) is 6.08 Å². The Bertz CT molecular complexity index is 138. The molecule has 0 unspecified atom stereocenters. The Hall–Kier alpha value is -0.780. The zero-order chi connectivity index (χ0) is 5.82. The fraction of sp³-hybridized carbons (Fsp3) is 0.250. The van der Waals surface area contributed by atoms with E-state index in [1.54, 1.807) is 0 Å². The van der Waals surface area contributed by atoms with Gasteiger partial charge in [-0.3, -0.25) is 0 Å². The van der Waals surface area contributed by atoms with Gasteiger partial charge in [-0.25, -0.2) is 0 Å². The van der Waals surface area contributed by atoms with Gasteiger partial charge in [-0.15, -0.1) is 6.58 Å². The summed E-state index contributed by atoms with van der Waals surface area (Å²) in [6, 6.07) is 0. The van der Waals surface area contributed by atoms with E-state index >= 15 is 0 Å². The molecular formula is C8H10. The van der Waals surface area contributed by atoms with Crippen molar-refractivity contribution >= 4 is 0 Å². The largest absolute Gasteiger partial charge is 0.103 e. The predicted molar refractivity (Wildman–Crippen MR) is 36.7 cm³/mol. The van der Waals surface area contributed by atoms with E-state index in [2.05, 4.69) is 24.8 Å². The maximum absolute atomic E-state index is 3.62. The molecule has 0 aromatic carbocycles. The monoisotopic (exact) mass is 106 g/mol. The Kier molecular flexibility index (Phi) is 1.68. The lowest BCUT2D eigenvalue weighted by molar-refractivity contribution is 1.16. The molecular weight excluding hydrogens is 96.1 g/mol. The lowest BCUT2D eigenvalue weighted by atomic mass is 10.0. The summed E-state index contributed by atoms with van der Waals surface area (Å²) in [4.78, 5) is 0. The summed E-state index contributed by atoms with van der Waals surface area (Å²) in [5.41, 5.74) is 1.45. The second-order valence-corrected chi connectivity index (χ2v) is 1.91. The summed E-state index contributed by atoms with van der Waals surface area (Å²) >= 11 is 0. The van der Waals surface area contributed by atoms with Crippen LogP contribution in [0.5, 0.6) is 0 Å². The predicted octanol–water partition coefficient (Wildman–Crippen LogP) is 2.45. The van der Waals surface area contributed by atoms with Crippen LogP contribution in [-0.2, 0) is 0 Å². The van der Waals surface area contributed by atoms with Crippen molar-refractivity contribution in [1.82, 2.24) is 0 Å². The molecule has 0 fully saturated rings. The summed E-state index contributed by atoms with van der Waals surface area (Å²) in [6.07, 6.45) is 10.6. The molecule has 0 radical (unpaired) electrons. The highest BCUT2D eigenvalue weighted by Crippen LogP contribution is 2.15. The van der Waals surface area contributed by atoms with E-state index in [1.165, 1.54) is 5.57 Å². The first kappa shape index (κ1) is 5.36. The zero-order valence-corrected chi connectivity index (χ0v) is 4.93. The second kappa shape index (κ2) is 2.51. The van der Waals surface area contributed by atoms with Gasteiger partial charge in [0, 0.05) is 0 Å². The van der Waals surface area contributed by atoms with Gasteiger partial charge in [0.15, 0.2) is 0 Å². The molecule has 8 heavy (non-hydrogen) atoms. The minimum Gasteiger partial charge on any atom is -0.103 e. The highest BCUT2D eigenvalue weighted by Gasteiger charge is 1.94. The van der Waals surface area contributed by atoms with Crippen LogP contribution in [0.3, 0.4) is 0 Å². The maximum atomic E-state index is 3.62. The lowest BCUT2D eigenvalue weighted by Gasteiger charge is -2.04. The summed E-state index contributed by atoms with van der Waals surface area (Å²) < 4.78 is 0. The van der Waals surface area contributed by atoms with Gasteiger partial charge in [0.05, 0.1) is 0 Å². The fourth-order valence-electron chi connectivity index (χ4n) is 0.640. The number of allylic oxidation sites excluding steroid dienone is 5. The normalized spacial score (nSPS) is 20.8. The smallest absolute Gasteiger partial charge is 0.00974 e. The molecule has 0 bridgehead atoms. The highest BCUT2D eigenvalue weighted by molar-refractivity contribution is 5.30. The quantitative estimate of drug-likeness (QED) is 0.474. The highest BCUT2D eigenvalue weighted by atomic mass is 14.0. The van der Waals surface area contributed by atoms with E-state index in [-0.39, 0.29) is 0 Å². The van der Waals surface area contributed by atoms with Crippen LogP contribution in [0, 0.1) is 0 Å². The molecule has 0 aromatic heterocycles. The van der Waals surface area contributed by atoms with Crippen LogP contribution in [0.2, 0.25) is 0 Å². The minimum absolute atomic E-state index is 1.01. The molecule has 0 nitrogen and oxygen atoms in total. The molecule has 0 N–H and O–H groups in total. The molecule has 0 aliphatic heterocycles. The van der Waals surface area contributed by atoms with Crippen LogP contribution in [0.25, 0.3) is 0 Å². The van der Waals surface area contributed by atoms with Gasteiger partial charge in [0.2, 0.25) is 0 Å². The van der Waals surface area contributed by atoms with Gasteiger partial charge in [0.1, 0.15) is 0 Å². The molecule has 1 rings (SSSR count). The van der Waals surface area contributed by atoms with Crippen LogP contribution in [-0.4, -0.2) is 0 Å². The van der Waals surface area contributed by atoms with E-state index in [4.69, 9.17) is 0 Å². The maximum Gasteiger partial charge on any atom is -0.00974 e. The van der Waals surface area contributed by atoms with Gasteiger partial charge < -0.3 is 0 Å². The third-order valence-corrected chi connectivity index (χ3v) is 1.23. The van der Waals surface area contributed by atoms with Gasteiger partial charge in [0.25, 0.3) is 0 Å². The van der Waals surface area contributed by atoms with Crippen LogP contribution in [0.15, 0.2) is 36.5 Å². The molecule has 1 aliphatic rings. The van der Waals surface area contributed by atoms with Gasteiger partial charge in [-0.2, -0.15) is 0 Å². The first-order chi connectivity index (χ1) is 3.93. The van der Waals surface area contributed by atoms with Crippen molar-refractivity contribution in [1.29, 1.82) is 0 Å². The number of hydrogen-bond acceptors (Lipinski definition) is 0. The summed E-state index contributed by atoms with van der Waals surface area (Å²) in [6.45, 7) is 3.62. The molecule has 0 amide bonds. The topological polar surface area (TPSA) is 0 Å². The molecule has 0 aromatic rings. The van der Waals surface area contributed by atoms with Crippen LogP contribution >= 0.6 is 0 Å². The average molecular weight is 106 g/mol. The van der Waals surface area contributed by atoms with E-state index in [0.717, 1.165) is 12.8 Å². The summed E-state index contributed by atoms with van der Waals surface area (Å²) in [5.74, 6) is 0. The second-order valence-electron chi connectivity index (χ2n) is 1.91. The molecule has 1 aliphatic carbocycles. The van der Waals surface area contributed by atoms with Crippen LogP contribution in [0.4, 0.5) is 0 Å². The average Bonchev–Trinajstić information content (AvgIpc) is 1.63. The van der Waals surface area contributed by atoms with Crippen LogP contribution in [0.1, 0.15) is 12.8 Å². The fourth-order valence-corrected chi connectivity index (χ4v) is 0.640. The number of rotatable bonds is 2. The van der Waals surface area contributed by atoms with Crippen molar-refractivity contribution in [2.75, 3.05) is 0 Å².